The zero-order chi connectivity index (χ0) is 19.3. The van der Waals surface area contributed by atoms with Gasteiger partial charge in [0, 0.05) is 51.9 Å². The number of amides is 3. The summed E-state index contributed by atoms with van der Waals surface area (Å²) in [6.07, 6.45) is 2.15. The smallest absolute Gasteiger partial charge is 0.317 e. The molecule has 0 saturated carbocycles. The molecule has 2 aromatic rings. The first-order valence-corrected chi connectivity index (χ1v) is 9.72. The van der Waals surface area contributed by atoms with Crippen LogP contribution in [-0.4, -0.2) is 65.5 Å². The molecule has 0 bridgehead atoms. The summed E-state index contributed by atoms with van der Waals surface area (Å²) >= 11 is 0. The van der Waals surface area contributed by atoms with Crippen molar-refractivity contribution in [2.45, 2.75) is 19.0 Å². The van der Waals surface area contributed by atoms with Crippen molar-refractivity contribution in [1.82, 2.24) is 20.1 Å². The lowest BCUT2D eigenvalue weighted by molar-refractivity contribution is -0.128. The Labute approximate surface area is 164 Å². The van der Waals surface area contributed by atoms with Gasteiger partial charge in [0.2, 0.25) is 5.91 Å². The van der Waals surface area contributed by atoms with Gasteiger partial charge < -0.3 is 20.0 Å². The zero-order valence-electron chi connectivity index (χ0n) is 15.8. The van der Waals surface area contributed by atoms with Gasteiger partial charge in [0.25, 0.3) is 0 Å². The van der Waals surface area contributed by atoms with Gasteiger partial charge in [-0.1, -0.05) is 36.4 Å². The summed E-state index contributed by atoms with van der Waals surface area (Å²) in [5, 5.41) is 3.04. The number of benzene rings is 1. The highest BCUT2D eigenvalue weighted by Crippen LogP contribution is 2.16. The van der Waals surface area contributed by atoms with Crippen LogP contribution < -0.4 is 10.2 Å². The average Bonchev–Trinajstić information content (AvgIpc) is 3.08. The zero-order valence-corrected chi connectivity index (χ0v) is 15.8. The van der Waals surface area contributed by atoms with Crippen molar-refractivity contribution in [3.8, 4) is 0 Å². The lowest BCUT2D eigenvalue weighted by Crippen LogP contribution is -2.54. The van der Waals surface area contributed by atoms with E-state index in [1.807, 2.05) is 58.3 Å². The number of pyridine rings is 1. The van der Waals surface area contributed by atoms with Crippen molar-refractivity contribution in [3.63, 3.8) is 0 Å². The highest BCUT2D eigenvalue weighted by Gasteiger charge is 2.32. The molecule has 4 rings (SSSR count). The molecule has 0 radical (unpaired) electrons. The molecule has 0 aliphatic carbocycles. The fourth-order valence-electron chi connectivity index (χ4n) is 3.77. The van der Waals surface area contributed by atoms with Crippen molar-refractivity contribution in [3.05, 3.63) is 60.3 Å². The molecule has 1 N–H and O–H groups in total. The predicted molar refractivity (Wildman–Crippen MR) is 107 cm³/mol. The van der Waals surface area contributed by atoms with Gasteiger partial charge in [-0.15, -0.1) is 0 Å². The SMILES string of the molecule is O=C1CC(NC(=O)N2CCN(c3ccccn3)CC2)CN1Cc1ccccc1. The fourth-order valence-corrected chi connectivity index (χ4v) is 3.77. The Hall–Kier alpha value is -3.09. The number of hydrogen-bond acceptors (Lipinski definition) is 4. The maximum atomic E-state index is 12.6. The van der Waals surface area contributed by atoms with E-state index in [1.54, 1.807) is 6.20 Å². The van der Waals surface area contributed by atoms with E-state index >= 15 is 0 Å². The van der Waals surface area contributed by atoms with Crippen molar-refractivity contribution in [2.75, 3.05) is 37.6 Å². The molecule has 146 valence electrons. The van der Waals surface area contributed by atoms with Crippen molar-refractivity contribution >= 4 is 17.8 Å². The largest absolute Gasteiger partial charge is 0.353 e. The second kappa shape index (κ2) is 8.29. The van der Waals surface area contributed by atoms with Gasteiger partial charge >= 0.3 is 6.03 Å². The molecular weight excluding hydrogens is 354 g/mol. The second-order valence-corrected chi connectivity index (χ2v) is 7.27. The first-order chi connectivity index (χ1) is 13.7. The first kappa shape index (κ1) is 18.3. The van der Waals surface area contributed by atoms with Gasteiger partial charge in [0.1, 0.15) is 5.82 Å². The van der Waals surface area contributed by atoms with Crippen LogP contribution in [0.1, 0.15) is 12.0 Å². The van der Waals surface area contributed by atoms with Crippen LogP contribution in [0, 0.1) is 0 Å². The van der Waals surface area contributed by atoms with Crippen LogP contribution in [0.4, 0.5) is 10.6 Å². The van der Waals surface area contributed by atoms with E-state index in [9.17, 15) is 9.59 Å². The number of nitrogens with one attached hydrogen (secondary N) is 1. The number of urea groups is 1. The average molecular weight is 379 g/mol. The molecule has 1 unspecified atom stereocenters. The van der Waals surface area contributed by atoms with E-state index in [0.717, 1.165) is 24.5 Å². The molecule has 2 saturated heterocycles. The molecule has 3 amide bonds. The number of piperazine rings is 1. The topological polar surface area (TPSA) is 68.8 Å². The summed E-state index contributed by atoms with van der Waals surface area (Å²) in [6.45, 7) is 3.97. The lowest BCUT2D eigenvalue weighted by atomic mass is 10.2. The van der Waals surface area contributed by atoms with E-state index < -0.39 is 0 Å². The quantitative estimate of drug-likeness (QED) is 0.878. The number of carbonyl (C=O) groups is 2. The third kappa shape index (κ3) is 4.24. The van der Waals surface area contributed by atoms with Crippen LogP contribution in [0.3, 0.4) is 0 Å². The van der Waals surface area contributed by atoms with Crippen LogP contribution in [0.2, 0.25) is 0 Å². The van der Waals surface area contributed by atoms with Gasteiger partial charge in [0.15, 0.2) is 0 Å². The molecule has 2 aliphatic heterocycles. The molecule has 7 nitrogen and oxygen atoms in total. The third-order valence-corrected chi connectivity index (χ3v) is 5.30. The second-order valence-electron chi connectivity index (χ2n) is 7.27. The van der Waals surface area contributed by atoms with Gasteiger partial charge in [-0.25, -0.2) is 9.78 Å². The summed E-state index contributed by atoms with van der Waals surface area (Å²) in [5.41, 5.74) is 1.11. The van der Waals surface area contributed by atoms with E-state index in [1.165, 1.54) is 0 Å². The number of rotatable bonds is 4. The Morgan fingerprint density at radius 2 is 1.79 bits per heavy atom. The number of nitrogens with zero attached hydrogens (tertiary/aromatic N) is 4. The van der Waals surface area contributed by atoms with Crippen LogP contribution in [0.15, 0.2) is 54.7 Å². The minimum Gasteiger partial charge on any atom is -0.353 e. The van der Waals surface area contributed by atoms with E-state index in [-0.39, 0.29) is 18.0 Å². The molecule has 28 heavy (non-hydrogen) atoms. The van der Waals surface area contributed by atoms with Crippen LogP contribution >= 0.6 is 0 Å². The monoisotopic (exact) mass is 379 g/mol. The van der Waals surface area contributed by atoms with Gasteiger partial charge in [-0.3, -0.25) is 4.79 Å². The first-order valence-electron chi connectivity index (χ1n) is 9.72. The molecule has 2 aliphatic rings. The molecule has 2 fully saturated rings. The molecular formula is C21H25N5O2. The fraction of sp³-hybridized carbons (Fsp3) is 0.381. The molecule has 1 atom stereocenters. The third-order valence-electron chi connectivity index (χ3n) is 5.30. The minimum absolute atomic E-state index is 0.0833. The number of hydrogen-bond donors (Lipinski definition) is 1. The van der Waals surface area contributed by atoms with Gasteiger partial charge in [0.05, 0.1) is 6.04 Å². The highest BCUT2D eigenvalue weighted by atomic mass is 16.2. The van der Waals surface area contributed by atoms with E-state index in [0.29, 0.717) is 32.6 Å². The highest BCUT2D eigenvalue weighted by molar-refractivity contribution is 5.81. The summed E-state index contributed by atoms with van der Waals surface area (Å²) in [5.74, 6) is 1.04. The normalized spacial score (nSPS) is 19.8. The number of anilines is 1. The maximum Gasteiger partial charge on any atom is 0.317 e. The lowest BCUT2D eigenvalue weighted by Gasteiger charge is -2.35. The molecule has 0 spiro atoms. The van der Waals surface area contributed by atoms with Crippen LogP contribution in [0.25, 0.3) is 0 Å². The van der Waals surface area contributed by atoms with Crippen LogP contribution in [-0.2, 0) is 11.3 Å². The summed E-state index contributed by atoms with van der Waals surface area (Å²) < 4.78 is 0. The number of aromatic nitrogens is 1. The Kier molecular flexibility index (Phi) is 5.41. The van der Waals surface area contributed by atoms with Crippen molar-refractivity contribution < 1.29 is 9.59 Å². The summed E-state index contributed by atoms with van der Waals surface area (Å²) in [4.78, 5) is 35.1. The summed E-state index contributed by atoms with van der Waals surface area (Å²) in [6, 6.07) is 15.6. The Morgan fingerprint density at radius 3 is 2.50 bits per heavy atom. The van der Waals surface area contributed by atoms with Crippen molar-refractivity contribution in [2.24, 2.45) is 0 Å². The molecule has 7 heteroatoms. The Bertz CT molecular complexity index is 806. The molecule has 1 aromatic carbocycles. The van der Waals surface area contributed by atoms with Gasteiger partial charge in [-0.2, -0.15) is 0 Å². The van der Waals surface area contributed by atoms with E-state index in [2.05, 4.69) is 15.2 Å². The minimum atomic E-state index is -0.127. The predicted octanol–water partition coefficient (Wildman–Crippen LogP) is 1.71. The summed E-state index contributed by atoms with van der Waals surface area (Å²) in [7, 11) is 0. The van der Waals surface area contributed by atoms with E-state index in [4.69, 9.17) is 0 Å². The van der Waals surface area contributed by atoms with Gasteiger partial charge in [-0.05, 0) is 17.7 Å². The molecule has 3 heterocycles. The number of carbonyl (C=O) groups excluding carboxylic acids is 2. The standard InChI is InChI=1S/C21H25N5O2/c27-20-14-18(16-26(20)15-17-6-2-1-3-7-17)23-21(28)25-12-10-24(11-13-25)19-8-4-5-9-22-19/h1-9,18H,10-16H2,(H,23,28). The van der Waals surface area contributed by atoms with Crippen LogP contribution in [0.5, 0.6) is 0 Å². The van der Waals surface area contributed by atoms with Crippen molar-refractivity contribution in [1.29, 1.82) is 0 Å². The Balaban J connectivity index is 1.26. The maximum absolute atomic E-state index is 12.6. The Morgan fingerprint density at radius 1 is 1.04 bits per heavy atom. The number of likely N-dealkylation sites (tertiary alicyclic amines) is 1. The molecule has 1 aromatic heterocycles.